The summed E-state index contributed by atoms with van der Waals surface area (Å²) in [5.41, 5.74) is 6.53. The van der Waals surface area contributed by atoms with E-state index in [1.54, 1.807) is 0 Å². The van der Waals surface area contributed by atoms with E-state index in [0.29, 0.717) is 36.5 Å². The summed E-state index contributed by atoms with van der Waals surface area (Å²) >= 11 is 0. The predicted octanol–water partition coefficient (Wildman–Crippen LogP) is 9.02. The van der Waals surface area contributed by atoms with Crippen LogP contribution in [0.25, 0.3) is 0 Å². The van der Waals surface area contributed by atoms with Gasteiger partial charge in [0.25, 0.3) is 0 Å². The molecule has 2 aromatic carbocycles. The van der Waals surface area contributed by atoms with Gasteiger partial charge in [-0.2, -0.15) is 0 Å². The second kappa shape index (κ2) is 12.3. The monoisotopic (exact) mass is 473 g/mol. The Bertz CT molecular complexity index is 1090. The third kappa shape index (κ3) is 6.28. The van der Waals surface area contributed by atoms with Gasteiger partial charge < -0.3 is 0 Å². The van der Waals surface area contributed by atoms with Crippen molar-refractivity contribution in [3.8, 4) is 0 Å². The van der Waals surface area contributed by atoms with Gasteiger partial charge in [-0.1, -0.05) is 93.9 Å². The number of hydrogen-bond acceptors (Lipinski definition) is 2. The smallest absolute Gasteiger partial charge is 0.141 e. The molecule has 0 N–H and O–H groups in total. The topological polar surface area (TPSA) is 29.4 Å². The number of nitrogens with zero attached hydrogens (tertiary/aromatic N) is 1. The number of rotatable bonds is 6. The lowest BCUT2D eigenvalue weighted by Gasteiger charge is -2.36. The van der Waals surface area contributed by atoms with Gasteiger partial charge in [0.15, 0.2) is 0 Å². The molecule has 4 atom stereocenters. The highest BCUT2D eigenvalue weighted by atomic mass is 16.1. The lowest BCUT2D eigenvalue weighted by molar-refractivity contribution is -0.117. The lowest BCUT2D eigenvalue weighted by atomic mass is 9.71. The quantitative estimate of drug-likeness (QED) is 0.411. The fraction of sp³-hybridized carbons (Fsp3) is 0.455. The molecular weight excluding hydrogens is 426 g/mol. The molecule has 1 heterocycles. The first-order chi connectivity index (χ1) is 17.2. The van der Waals surface area contributed by atoms with E-state index in [-0.39, 0.29) is 10.1 Å². The average Bonchev–Trinajstić information content (AvgIpc) is 2.91. The maximum Gasteiger partial charge on any atom is 0.141 e. The largest absolute Gasteiger partial charge is 0.299 e. The second-order valence-corrected chi connectivity index (χ2v) is 10.2. The van der Waals surface area contributed by atoms with E-state index >= 15 is 0 Å². The summed E-state index contributed by atoms with van der Waals surface area (Å²) in [5.74, 6) is 2.60. The molecule has 5 rings (SSSR count). The maximum atomic E-state index is 12.7. The predicted molar refractivity (Wildman–Crippen MR) is 154 cm³/mol. The highest BCUT2D eigenvalue weighted by Crippen LogP contribution is 2.45. The first-order valence-electron chi connectivity index (χ1n) is 13.8. The van der Waals surface area contributed by atoms with E-state index in [9.17, 15) is 4.79 Å². The standard InChI is InChI=1S/C31H35NO.C2H6.3H2/c1-22-21-32-31(30-16-6-5-15-29(22)30)27-14-8-13-26(20-27)25-12-7-11-24(17-25)19-28(33)18-23-9-3-2-4-10-23;1-2;;;/h2-4,6-7,9-12,16-17,21-22,26-27,29H,5,8,13-15,18-20H2,1H3;1-2H3;3*1H. The number of carbonyl (C=O) groups excluding carboxylic acids is 1. The first-order valence-corrected chi connectivity index (χ1v) is 13.8. The van der Waals surface area contributed by atoms with Crippen LogP contribution in [0.5, 0.6) is 0 Å². The van der Waals surface area contributed by atoms with E-state index in [1.165, 1.54) is 55.4 Å². The van der Waals surface area contributed by atoms with Crippen LogP contribution < -0.4 is 0 Å². The minimum atomic E-state index is 0. The molecule has 1 fully saturated rings. The van der Waals surface area contributed by atoms with Crippen LogP contribution in [0.1, 0.15) is 86.2 Å². The molecule has 35 heavy (non-hydrogen) atoms. The summed E-state index contributed by atoms with van der Waals surface area (Å²) in [6, 6.07) is 18.9. The SMILES string of the molecule is CC.CC1C=NC(C2CCCC(c3cccc(CC(=O)Cc4ccccc4)c3)C2)=C2C=CCCC21.[HH].[HH].[HH]. The summed E-state index contributed by atoms with van der Waals surface area (Å²) in [5, 5.41) is 0. The third-order valence-electron chi connectivity index (χ3n) is 7.85. The van der Waals surface area contributed by atoms with Gasteiger partial charge >= 0.3 is 0 Å². The van der Waals surface area contributed by atoms with Gasteiger partial charge in [0.2, 0.25) is 0 Å². The van der Waals surface area contributed by atoms with Crippen molar-refractivity contribution in [1.82, 2.24) is 0 Å². The number of ketones is 1. The molecule has 1 saturated carbocycles. The number of hydrogen-bond donors (Lipinski definition) is 0. The van der Waals surface area contributed by atoms with Crippen molar-refractivity contribution in [3.05, 3.63) is 94.7 Å². The molecule has 0 saturated heterocycles. The van der Waals surface area contributed by atoms with Crippen LogP contribution in [0.2, 0.25) is 0 Å². The molecule has 2 aromatic rings. The maximum absolute atomic E-state index is 12.7. The number of aliphatic imine (C=N–C) groups is 1. The minimum Gasteiger partial charge on any atom is -0.299 e. The second-order valence-electron chi connectivity index (χ2n) is 10.2. The van der Waals surface area contributed by atoms with Crippen molar-refractivity contribution in [2.75, 3.05) is 0 Å². The summed E-state index contributed by atoms with van der Waals surface area (Å²) in [6.07, 6.45) is 15.3. The summed E-state index contributed by atoms with van der Waals surface area (Å²) in [7, 11) is 0. The van der Waals surface area contributed by atoms with Crippen molar-refractivity contribution in [2.45, 2.75) is 78.1 Å². The molecule has 2 nitrogen and oxygen atoms in total. The van der Waals surface area contributed by atoms with Crippen molar-refractivity contribution in [3.63, 3.8) is 0 Å². The molecule has 1 aliphatic heterocycles. The Hall–Kier alpha value is -2.74. The van der Waals surface area contributed by atoms with Gasteiger partial charge in [-0.05, 0) is 72.1 Å². The third-order valence-corrected chi connectivity index (χ3v) is 7.85. The first kappa shape index (κ1) is 25.4. The Morgan fingerprint density at radius 3 is 2.51 bits per heavy atom. The summed E-state index contributed by atoms with van der Waals surface area (Å²) in [4.78, 5) is 17.7. The van der Waals surface area contributed by atoms with Crippen molar-refractivity contribution in [1.29, 1.82) is 0 Å². The minimum absolute atomic E-state index is 0. The van der Waals surface area contributed by atoms with Gasteiger partial charge in [-0.15, -0.1) is 0 Å². The Morgan fingerprint density at radius 1 is 0.943 bits per heavy atom. The van der Waals surface area contributed by atoms with Gasteiger partial charge in [-0.3, -0.25) is 9.79 Å². The molecule has 0 aromatic heterocycles. The van der Waals surface area contributed by atoms with Crippen LogP contribution in [0, 0.1) is 17.8 Å². The van der Waals surface area contributed by atoms with Gasteiger partial charge in [0.05, 0.1) is 0 Å². The molecule has 2 aliphatic carbocycles. The van der Waals surface area contributed by atoms with Crippen LogP contribution in [0.3, 0.4) is 0 Å². The zero-order valence-electron chi connectivity index (χ0n) is 21.7. The van der Waals surface area contributed by atoms with E-state index in [4.69, 9.17) is 4.99 Å². The van der Waals surface area contributed by atoms with Crippen molar-refractivity contribution in [2.24, 2.45) is 22.7 Å². The molecule has 3 aliphatic rings. The van der Waals surface area contributed by atoms with Crippen LogP contribution in [-0.4, -0.2) is 12.0 Å². The number of Topliss-reactive ketones (excluding diaryl/α,β-unsaturated/α-hetero) is 1. The molecular formula is C33H47NO. The number of allylic oxidation sites excluding steroid dienone is 4. The average molecular weight is 474 g/mol. The molecule has 0 bridgehead atoms. The number of benzene rings is 2. The van der Waals surface area contributed by atoms with E-state index in [1.807, 2.05) is 44.2 Å². The van der Waals surface area contributed by atoms with Crippen LogP contribution in [0.15, 0.2) is 83.0 Å². The van der Waals surface area contributed by atoms with E-state index < -0.39 is 0 Å². The zero-order chi connectivity index (χ0) is 24.6. The van der Waals surface area contributed by atoms with Crippen LogP contribution >= 0.6 is 0 Å². The van der Waals surface area contributed by atoms with Gasteiger partial charge in [0.1, 0.15) is 5.78 Å². The fourth-order valence-electron chi connectivity index (χ4n) is 6.12. The van der Waals surface area contributed by atoms with Crippen LogP contribution in [-0.2, 0) is 17.6 Å². The van der Waals surface area contributed by atoms with E-state index in [0.717, 1.165) is 11.1 Å². The molecule has 0 radical (unpaired) electrons. The Balaban J connectivity index is 0.00000141. The number of carbonyl (C=O) groups is 1. The summed E-state index contributed by atoms with van der Waals surface area (Å²) in [6.45, 7) is 6.32. The van der Waals surface area contributed by atoms with Gasteiger partial charge in [-0.25, -0.2) is 0 Å². The molecule has 2 heteroatoms. The fourth-order valence-corrected chi connectivity index (χ4v) is 6.12. The van der Waals surface area contributed by atoms with Crippen molar-refractivity contribution >= 4 is 12.0 Å². The molecule has 0 amide bonds. The molecule has 0 spiro atoms. The Morgan fingerprint density at radius 2 is 1.69 bits per heavy atom. The molecule has 190 valence electrons. The Labute approximate surface area is 216 Å². The normalized spacial score (nSPS) is 25.5. The van der Waals surface area contributed by atoms with Gasteiger partial charge in [0, 0.05) is 35.0 Å². The lowest BCUT2D eigenvalue weighted by Crippen LogP contribution is -2.25. The Kier molecular flexibility index (Phi) is 8.90. The van der Waals surface area contributed by atoms with Crippen molar-refractivity contribution < 1.29 is 9.07 Å². The number of fused-ring (bicyclic) bond motifs is 1. The zero-order valence-corrected chi connectivity index (χ0v) is 21.7. The van der Waals surface area contributed by atoms with E-state index in [2.05, 4.69) is 49.6 Å². The van der Waals surface area contributed by atoms with Crippen LogP contribution in [0.4, 0.5) is 0 Å². The highest BCUT2D eigenvalue weighted by molar-refractivity contribution is 5.83. The highest BCUT2D eigenvalue weighted by Gasteiger charge is 2.33. The summed E-state index contributed by atoms with van der Waals surface area (Å²) < 4.78 is 0. The molecule has 4 unspecified atom stereocenters.